The zero-order valence-electron chi connectivity index (χ0n) is 7.51. The van der Waals surface area contributed by atoms with Gasteiger partial charge in [0.1, 0.15) is 0 Å². The van der Waals surface area contributed by atoms with E-state index in [1.807, 2.05) is 0 Å². The Labute approximate surface area is 79.6 Å². The zero-order chi connectivity index (χ0) is 9.23. The van der Waals surface area contributed by atoms with E-state index in [4.69, 9.17) is 21.8 Å². The second-order valence-corrected chi connectivity index (χ2v) is 3.46. The molecule has 0 aromatic heterocycles. The van der Waals surface area contributed by atoms with E-state index in [0.717, 1.165) is 25.1 Å². The second kappa shape index (κ2) is 9.30. The summed E-state index contributed by atoms with van der Waals surface area (Å²) in [7, 11) is 0. The Hall–Kier alpha value is 0.210. The highest BCUT2D eigenvalue weighted by Crippen LogP contribution is 2.08. The third kappa shape index (κ3) is 10.2. The van der Waals surface area contributed by atoms with Crippen molar-refractivity contribution in [3.8, 4) is 0 Å². The minimum absolute atomic E-state index is 0.509. The number of halogens is 1. The van der Waals surface area contributed by atoms with Crippen molar-refractivity contribution < 1.29 is 10.2 Å². The van der Waals surface area contributed by atoms with E-state index in [0.29, 0.717) is 6.42 Å². The lowest BCUT2D eigenvalue weighted by atomic mass is 10.1. The minimum atomic E-state index is -1.12. The molecule has 0 aliphatic carbocycles. The molecule has 0 bridgehead atoms. The van der Waals surface area contributed by atoms with E-state index in [9.17, 15) is 0 Å². The fourth-order valence-corrected chi connectivity index (χ4v) is 1.32. The highest BCUT2D eigenvalue weighted by atomic mass is 35.5. The van der Waals surface area contributed by atoms with E-state index >= 15 is 0 Å². The summed E-state index contributed by atoms with van der Waals surface area (Å²) in [5.41, 5.74) is 0. The maximum Gasteiger partial charge on any atom is 0.151 e. The van der Waals surface area contributed by atoms with Gasteiger partial charge in [-0.3, -0.25) is 0 Å². The van der Waals surface area contributed by atoms with E-state index in [-0.39, 0.29) is 0 Å². The number of aliphatic hydroxyl groups is 2. The van der Waals surface area contributed by atoms with E-state index in [2.05, 4.69) is 0 Å². The molecule has 0 amide bonds. The highest BCUT2D eigenvalue weighted by Gasteiger charge is 1.96. The average molecular weight is 195 g/mol. The van der Waals surface area contributed by atoms with Gasteiger partial charge in [-0.15, -0.1) is 11.6 Å². The topological polar surface area (TPSA) is 40.5 Å². The summed E-state index contributed by atoms with van der Waals surface area (Å²) in [5, 5.41) is 17.1. The molecule has 12 heavy (non-hydrogen) atoms. The molecule has 0 radical (unpaired) electrons. The Balaban J connectivity index is 2.82. The number of unbranched alkanes of at least 4 members (excludes halogenated alkanes) is 5. The fraction of sp³-hybridized carbons (Fsp3) is 1.00. The highest BCUT2D eigenvalue weighted by molar-refractivity contribution is 6.17. The summed E-state index contributed by atoms with van der Waals surface area (Å²) in [6.07, 6.45) is 6.11. The van der Waals surface area contributed by atoms with Crippen LogP contribution in [0.1, 0.15) is 44.9 Å². The molecule has 0 unspecified atom stereocenters. The van der Waals surface area contributed by atoms with Crippen LogP contribution in [0.5, 0.6) is 0 Å². The predicted molar refractivity (Wildman–Crippen MR) is 51.3 cm³/mol. The molecule has 0 aliphatic rings. The van der Waals surface area contributed by atoms with Gasteiger partial charge in [0, 0.05) is 5.88 Å². The first-order valence-corrected chi connectivity index (χ1v) is 5.23. The van der Waals surface area contributed by atoms with Crippen molar-refractivity contribution in [3.63, 3.8) is 0 Å². The van der Waals surface area contributed by atoms with Gasteiger partial charge in [0.15, 0.2) is 6.29 Å². The molecule has 3 heteroatoms. The van der Waals surface area contributed by atoms with Gasteiger partial charge >= 0.3 is 0 Å². The summed E-state index contributed by atoms with van der Waals surface area (Å²) in [6, 6.07) is 0. The molecule has 0 aromatic carbocycles. The summed E-state index contributed by atoms with van der Waals surface area (Å²) in [5.74, 6) is 0.759. The first-order chi connectivity index (χ1) is 5.77. The summed E-state index contributed by atoms with van der Waals surface area (Å²) in [6.45, 7) is 0. The Morgan fingerprint density at radius 1 is 0.833 bits per heavy atom. The number of hydrogen-bond donors (Lipinski definition) is 2. The first kappa shape index (κ1) is 12.2. The molecule has 0 aromatic rings. The lowest BCUT2D eigenvalue weighted by Crippen LogP contribution is -2.02. The molecule has 0 saturated carbocycles. The zero-order valence-corrected chi connectivity index (χ0v) is 8.26. The van der Waals surface area contributed by atoms with Crippen molar-refractivity contribution in [2.75, 3.05) is 5.88 Å². The fourth-order valence-electron chi connectivity index (χ4n) is 1.13. The van der Waals surface area contributed by atoms with Crippen molar-refractivity contribution in [2.45, 2.75) is 51.2 Å². The summed E-state index contributed by atoms with van der Waals surface area (Å²) >= 11 is 5.52. The number of rotatable bonds is 8. The maximum atomic E-state index is 8.53. The third-order valence-electron chi connectivity index (χ3n) is 1.85. The van der Waals surface area contributed by atoms with Gasteiger partial charge in [-0.05, 0) is 19.3 Å². The number of hydrogen-bond acceptors (Lipinski definition) is 2. The lowest BCUT2D eigenvalue weighted by molar-refractivity contribution is -0.0466. The molecule has 2 N–H and O–H groups in total. The van der Waals surface area contributed by atoms with Gasteiger partial charge in [-0.25, -0.2) is 0 Å². The van der Waals surface area contributed by atoms with Crippen LogP contribution in [0, 0.1) is 0 Å². The normalized spacial score (nSPS) is 11.0. The quantitative estimate of drug-likeness (QED) is 0.354. The third-order valence-corrected chi connectivity index (χ3v) is 2.11. The average Bonchev–Trinajstić information content (AvgIpc) is 2.02. The molecule has 0 rings (SSSR count). The Bertz CT molecular complexity index is 86.6. The number of alkyl halides is 1. The van der Waals surface area contributed by atoms with Gasteiger partial charge in [-0.1, -0.05) is 25.7 Å². The monoisotopic (exact) mass is 194 g/mol. The molecule has 0 spiro atoms. The standard InChI is InChI=1S/C9H19ClO2/c10-8-6-4-2-1-3-5-7-9(11)12/h9,11-12H,1-8H2. The van der Waals surface area contributed by atoms with Gasteiger partial charge < -0.3 is 10.2 Å². The van der Waals surface area contributed by atoms with Gasteiger partial charge in [0.2, 0.25) is 0 Å². The van der Waals surface area contributed by atoms with Crippen LogP contribution in [0.2, 0.25) is 0 Å². The SMILES string of the molecule is OC(O)CCCCCCCCCl. The van der Waals surface area contributed by atoms with Crippen molar-refractivity contribution in [2.24, 2.45) is 0 Å². The van der Waals surface area contributed by atoms with Gasteiger partial charge in [0.25, 0.3) is 0 Å². The van der Waals surface area contributed by atoms with Crippen molar-refractivity contribution in [1.29, 1.82) is 0 Å². The van der Waals surface area contributed by atoms with Crippen LogP contribution in [0.15, 0.2) is 0 Å². The molecular weight excluding hydrogens is 176 g/mol. The largest absolute Gasteiger partial charge is 0.368 e. The van der Waals surface area contributed by atoms with E-state index in [1.165, 1.54) is 19.3 Å². The van der Waals surface area contributed by atoms with E-state index in [1.54, 1.807) is 0 Å². The van der Waals surface area contributed by atoms with Crippen LogP contribution in [-0.4, -0.2) is 22.4 Å². The molecule has 2 nitrogen and oxygen atoms in total. The van der Waals surface area contributed by atoms with Crippen molar-refractivity contribution in [1.82, 2.24) is 0 Å². The molecule has 0 heterocycles. The van der Waals surface area contributed by atoms with Crippen LogP contribution in [-0.2, 0) is 0 Å². The van der Waals surface area contributed by atoms with Gasteiger partial charge in [0.05, 0.1) is 0 Å². The van der Waals surface area contributed by atoms with Crippen LogP contribution in [0.4, 0.5) is 0 Å². The summed E-state index contributed by atoms with van der Waals surface area (Å²) < 4.78 is 0. The Kier molecular flexibility index (Phi) is 9.46. The molecule has 0 atom stereocenters. The first-order valence-electron chi connectivity index (χ1n) is 4.69. The van der Waals surface area contributed by atoms with Crippen LogP contribution >= 0.6 is 11.6 Å². The van der Waals surface area contributed by atoms with Gasteiger partial charge in [-0.2, -0.15) is 0 Å². The molecule has 0 fully saturated rings. The Morgan fingerprint density at radius 3 is 1.83 bits per heavy atom. The summed E-state index contributed by atoms with van der Waals surface area (Å²) in [4.78, 5) is 0. The Morgan fingerprint density at radius 2 is 1.33 bits per heavy atom. The molecular formula is C9H19ClO2. The molecule has 74 valence electrons. The van der Waals surface area contributed by atoms with Crippen molar-refractivity contribution in [3.05, 3.63) is 0 Å². The smallest absolute Gasteiger partial charge is 0.151 e. The number of aliphatic hydroxyl groups excluding tert-OH is 1. The predicted octanol–water partition coefficient (Wildman–Crippen LogP) is 2.27. The van der Waals surface area contributed by atoms with Crippen molar-refractivity contribution >= 4 is 11.6 Å². The van der Waals surface area contributed by atoms with E-state index < -0.39 is 6.29 Å². The second-order valence-electron chi connectivity index (χ2n) is 3.08. The minimum Gasteiger partial charge on any atom is -0.368 e. The molecule has 0 saturated heterocycles. The van der Waals surface area contributed by atoms with Crippen LogP contribution in [0.25, 0.3) is 0 Å². The lowest BCUT2D eigenvalue weighted by Gasteiger charge is -2.02. The van der Waals surface area contributed by atoms with Crippen LogP contribution < -0.4 is 0 Å². The maximum absolute atomic E-state index is 8.53. The van der Waals surface area contributed by atoms with Crippen LogP contribution in [0.3, 0.4) is 0 Å². The molecule has 0 aliphatic heterocycles.